The van der Waals surface area contributed by atoms with Crippen LogP contribution in [0.2, 0.25) is 5.02 Å². The van der Waals surface area contributed by atoms with Crippen molar-refractivity contribution in [1.29, 1.82) is 0 Å². The van der Waals surface area contributed by atoms with Gasteiger partial charge in [-0.2, -0.15) is 0 Å². The van der Waals surface area contributed by atoms with Crippen molar-refractivity contribution in [3.63, 3.8) is 0 Å². The third-order valence-corrected chi connectivity index (χ3v) is 4.05. The first-order chi connectivity index (χ1) is 8.61. The molecule has 0 spiro atoms. The van der Waals surface area contributed by atoms with Crippen LogP contribution < -0.4 is 10.1 Å². The summed E-state index contributed by atoms with van der Waals surface area (Å²) >= 11 is 6.20. The van der Waals surface area contributed by atoms with Crippen LogP contribution in [0.3, 0.4) is 0 Å². The van der Waals surface area contributed by atoms with Crippen molar-refractivity contribution in [2.75, 3.05) is 27.2 Å². The molecule has 0 aromatic heterocycles. The van der Waals surface area contributed by atoms with Gasteiger partial charge in [-0.3, -0.25) is 4.90 Å². The largest absolute Gasteiger partial charge is 0.496 e. The van der Waals surface area contributed by atoms with Gasteiger partial charge in [0.2, 0.25) is 0 Å². The molecule has 1 fully saturated rings. The van der Waals surface area contributed by atoms with Crippen molar-refractivity contribution in [2.24, 2.45) is 0 Å². The SMILES string of the molecule is COc1cc(C)c(Cl)cc1CN(C)C1CCNC1. The van der Waals surface area contributed by atoms with Crippen LogP contribution in [0.1, 0.15) is 17.5 Å². The van der Waals surface area contributed by atoms with E-state index in [4.69, 9.17) is 16.3 Å². The van der Waals surface area contributed by atoms with Crippen LogP contribution in [0.25, 0.3) is 0 Å². The number of nitrogens with zero attached hydrogens (tertiary/aromatic N) is 1. The van der Waals surface area contributed by atoms with Crippen molar-refractivity contribution in [2.45, 2.75) is 25.9 Å². The van der Waals surface area contributed by atoms with E-state index < -0.39 is 0 Å². The summed E-state index contributed by atoms with van der Waals surface area (Å²) in [6.45, 7) is 5.05. The lowest BCUT2D eigenvalue weighted by Gasteiger charge is -2.24. The highest BCUT2D eigenvalue weighted by Gasteiger charge is 2.20. The van der Waals surface area contributed by atoms with Gasteiger partial charge in [-0.05, 0) is 44.6 Å². The number of nitrogens with one attached hydrogen (secondary N) is 1. The van der Waals surface area contributed by atoms with Crippen LogP contribution >= 0.6 is 11.6 Å². The second-order valence-corrected chi connectivity index (χ2v) is 5.38. The topological polar surface area (TPSA) is 24.5 Å². The fraction of sp³-hybridized carbons (Fsp3) is 0.571. The Morgan fingerprint density at radius 1 is 1.50 bits per heavy atom. The molecule has 0 saturated carbocycles. The van der Waals surface area contributed by atoms with Gasteiger partial charge in [0.25, 0.3) is 0 Å². The Morgan fingerprint density at radius 3 is 2.89 bits per heavy atom. The summed E-state index contributed by atoms with van der Waals surface area (Å²) in [6, 6.07) is 4.64. The van der Waals surface area contributed by atoms with E-state index in [1.54, 1.807) is 7.11 Å². The average Bonchev–Trinajstić information content (AvgIpc) is 2.87. The van der Waals surface area contributed by atoms with E-state index in [2.05, 4.69) is 17.3 Å². The van der Waals surface area contributed by atoms with Crippen LogP contribution in [-0.4, -0.2) is 38.2 Å². The Labute approximate surface area is 114 Å². The normalized spacial score (nSPS) is 19.5. The maximum atomic E-state index is 6.20. The predicted octanol–water partition coefficient (Wildman–Crippen LogP) is 2.45. The molecule has 0 bridgehead atoms. The summed E-state index contributed by atoms with van der Waals surface area (Å²) in [5.74, 6) is 0.926. The fourth-order valence-corrected chi connectivity index (χ4v) is 2.61. The zero-order valence-corrected chi connectivity index (χ0v) is 12.0. The van der Waals surface area contributed by atoms with Gasteiger partial charge in [0.15, 0.2) is 0 Å². The lowest BCUT2D eigenvalue weighted by Crippen LogP contribution is -2.32. The molecule has 1 heterocycles. The van der Waals surface area contributed by atoms with E-state index in [1.165, 1.54) is 6.42 Å². The lowest BCUT2D eigenvalue weighted by atomic mass is 10.1. The Kier molecular flexibility index (Phi) is 4.49. The van der Waals surface area contributed by atoms with E-state index in [-0.39, 0.29) is 0 Å². The summed E-state index contributed by atoms with van der Waals surface area (Å²) in [6.07, 6.45) is 1.21. The van der Waals surface area contributed by atoms with Gasteiger partial charge >= 0.3 is 0 Å². The monoisotopic (exact) mass is 268 g/mol. The van der Waals surface area contributed by atoms with Crippen molar-refractivity contribution in [3.8, 4) is 5.75 Å². The Morgan fingerprint density at radius 2 is 2.28 bits per heavy atom. The van der Waals surface area contributed by atoms with Gasteiger partial charge in [-0.25, -0.2) is 0 Å². The van der Waals surface area contributed by atoms with Gasteiger partial charge in [0.1, 0.15) is 5.75 Å². The standard InChI is InChI=1S/C14H21ClN2O/c1-10-6-14(18-3)11(7-13(10)15)9-17(2)12-4-5-16-8-12/h6-7,12,16H,4-5,8-9H2,1-3H3. The van der Waals surface area contributed by atoms with Gasteiger partial charge in [-0.15, -0.1) is 0 Å². The number of benzene rings is 1. The molecular formula is C14H21ClN2O. The average molecular weight is 269 g/mol. The molecule has 1 aromatic carbocycles. The summed E-state index contributed by atoms with van der Waals surface area (Å²) < 4.78 is 5.44. The number of rotatable bonds is 4. The molecule has 0 radical (unpaired) electrons. The van der Waals surface area contributed by atoms with E-state index in [9.17, 15) is 0 Å². The molecule has 2 rings (SSSR count). The second-order valence-electron chi connectivity index (χ2n) is 4.97. The zero-order valence-electron chi connectivity index (χ0n) is 11.3. The summed E-state index contributed by atoms with van der Waals surface area (Å²) in [4.78, 5) is 2.36. The Bertz CT molecular complexity index is 417. The Balaban J connectivity index is 2.14. The van der Waals surface area contributed by atoms with Crippen molar-refractivity contribution in [3.05, 3.63) is 28.3 Å². The van der Waals surface area contributed by atoms with Crippen molar-refractivity contribution >= 4 is 11.6 Å². The summed E-state index contributed by atoms with van der Waals surface area (Å²) in [5, 5.41) is 4.20. The fourth-order valence-electron chi connectivity index (χ4n) is 2.42. The minimum atomic E-state index is 0.606. The highest BCUT2D eigenvalue weighted by Crippen LogP contribution is 2.28. The number of hydrogen-bond donors (Lipinski definition) is 1. The summed E-state index contributed by atoms with van der Waals surface area (Å²) in [5.41, 5.74) is 2.21. The van der Waals surface area contributed by atoms with Crippen LogP contribution in [0, 0.1) is 6.92 Å². The van der Waals surface area contributed by atoms with E-state index in [1.807, 2.05) is 19.1 Å². The van der Waals surface area contributed by atoms with Crippen LogP contribution in [-0.2, 0) is 6.54 Å². The molecule has 1 N–H and O–H groups in total. The smallest absolute Gasteiger partial charge is 0.123 e. The zero-order chi connectivity index (χ0) is 13.1. The molecule has 3 nitrogen and oxygen atoms in total. The Hall–Kier alpha value is -0.770. The molecule has 0 aliphatic carbocycles. The van der Waals surface area contributed by atoms with Crippen LogP contribution in [0.15, 0.2) is 12.1 Å². The van der Waals surface area contributed by atoms with Crippen molar-refractivity contribution < 1.29 is 4.74 Å². The number of ether oxygens (including phenoxy) is 1. The first-order valence-electron chi connectivity index (χ1n) is 6.35. The quantitative estimate of drug-likeness (QED) is 0.908. The second kappa shape index (κ2) is 5.91. The minimum absolute atomic E-state index is 0.606. The molecule has 0 amide bonds. The van der Waals surface area contributed by atoms with E-state index >= 15 is 0 Å². The van der Waals surface area contributed by atoms with Gasteiger partial charge in [0, 0.05) is 29.7 Å². The minimum Gasteiger partial charge on any atom is -0.496 e. The highest BCUT2D eigenvalue weighted by molar-refractivity contribution is 6.31. The molecule has 18 heavy (non-hydrogen) atoms. The number of methoxy groups -OCH3 is 1. The lowest BCUT2D eigenvalue weighted by molar-refractivity contribution is 0.245. The number of halogens is 1. The van der Waals surface area contributed by atoms with Gasteiger partial charge < -0.3 is 10.1 Å². The highest BCUT2D eigenvalue weighted by atomic mass is 35.5. The number of hydrogen-bond acceptors (Lipinski definition) is 3. The maximum absolute atomic E-state index is 6.20. The summed E-state index contributed by atoms with van der Waals surface area (Å²) in [7, 11) is 3.87. The molecule has 1 saturated heterocycles. The molecule has 1 aromatic rings. The number of likely N-dealkylation sites (N-methyl/N-ethyl adjacent to an activating group) is 1. The van der Waals surface area contributed by atoms with Crippen molar-refractivity contribution in [1.82, 2.24) is 10.2 Å². The van der Waals surface area contributed by atoms with Gasteiger partial charge in [-0.1, -0.05) is 11.6 Å². The molecule has 100 valence electrons. The molecule has 4 heteroatoms. The maximum Gasteiger partial charge on any atom is 0.123 e. The molecule has 1 aliphatic heterocycles. The third kappa shape index (κ3) is 2.97. The van der Waals surface area contributed by atoms with Crippen LogP contribution in [0.5, 0.6) is 5.75 Å². The van der Waals surface area contributed by atoms with Crippen LogP contribution in [0.4, 0.5) is 0 Å². The first-order valence-corrected chi connectivity index (χ1v) is 6.73. The number of aryl methyl sites for hydroxylation is 1. The molecular weight excluding hydrogens is 248 g/mol. The van der Waals surface area contributed by atoms with Gasteiger partial charge in [0.05, 0.1) is 7.11 Å². The molecule has 1 aliphatic rings. The molecule has 1 unspecified atom stereocenters. The van der Waals surface area contributed by atoms with E-state index in [0.29, 0.717) is 6.04 Å². The first kappa shape index (κ1) is 13.7. The predicted molar refractivity (Wildman–Crippen MR) is 75.5 cm³/mol. The third-order valence-electron chi connectivity index (χ3n) is 3.64. The van der Waals surface area contributed by atoms with E-state index in [0.717, 1.165) is 41.5 Å². The molecule has 1 atom stereocenters.